The SMILES string of the molecule is Cc1ccc(NC(=O)C[S+]=S(=O)(O)O)nc1. The molecule has 1 aromatic rings. The van der Waals surface area contributed by atoms with Crippen molar-refractivity contribution in [1.82, 2.24) is 4.98 Å². The number of anilines is 1. The average molecular weight is 263 g/mol. The van der Waals surface area contributed by atoms with Crippen LogP contribution in [0.3, 0.4) is 0 Å². The van der Waals surface area contributed by atoms with Gasteiger partial charge in [0.05, 0.1) is 0 Å². The van der Waals surface area contributed by atoms with Gasteiger partial charge in [-0.25, -0.2) is 4.98 Å². The second-order valence-corrected chi connectivity index (χ2v) is 6.41. The largest absolute Gasteiger partial charge is 0.430 e. The minimum atomic E-state index is -3.93. The lowest BCUT2D eigenvalue weighted by Gasteiger charge is -1.99. The second-order valence-electron chi connectivity index (χ2n) is 2.98. The minimum Gasteiger partial charge on any atom is -0.306 e. The molecule has 0 aromatic carbocycles. The monoisotopic (exact) mass is 263 g/mol. The predicted molar refractivity (Wildman–Crippen MR) is 63.2 cm³/mol. The molecule has 0 aliphatic heterocycles. The van der Waals surface area contributed by atoms with E-state index in [-0.39, 0.29) is 16.1 Å². The molecule has 16 heavy (non-hydrogen) atoms. The van der Waals surface area contributed by atoms with Crippen molar-refractivity contribution in [3.05, 3.63) is 23.9 Å². The average Bonchev–Trinajstić information content (AvgIpc) is 2.18. The van der Waals surface area contributed by atoms with E-state index in [9.17, 15) is 9.00 Å². The van der Waals surface area contributed by atoms with Gasteiger partial charge in [-0.3, -0.25) is 13.9 Å². The highest BCUT2D eigenvalue weighted by Crippen LogP contribution is 2.03. The molecular formula is C8H11N2O4S2+. The number of carbonyl (C=O) groups excluding carboxylic acids is 1. The van der Waals surface area contributed by atoms with E-state index in [4.69, 9.17) is 9.11 Å². The predicted octanol–water partition coefficient (Wildman–Crippen LogP) is 0.557. The van der Waals surface area contributed by atoms with Crippen LogP contribution in [0.4, 0.5) is 5.82 Å². The Morgan fingerprint density at radius 3 is 2.75 bits per heavy atom. The Balaban J connectivity index is 2.59. The molecule has 3 N–H and O–H groups in total. The van der Waals surface area contributed by atoms with Crippen molar-refractivity contribution in [3.63, 3.8) is 0 Å². The Kier molecular flexibility index (Phi) is 4.30. The van der Waals surface area contributed by atoms with Gasteiger partial charge in [-0.1, -0.05) is 6.07 Å². The summed E-state index contributed by atoms with van der Waals surface area (Å²) in [5, 5.41) is 2.42. The minimum absolute atomic E-state index is 0.263. The Labute approximate surface area is 96.4 Å². The summed E-state index contributed by atoms with van der Waals surface area (Å²) in [6.45, 7) is 1.86. The molecule has 1 heterocycles. The summed E-state index contributed by atoms with van der Waals surface area (Å²) in [6, 6.07) is 3.39. The van der Waals surface area contributed by atoms with E-state index in [1.54, 1.807) is 18.3 Å². The molecule has 88 valence electrons. The molecule has 0 aliphatic carbocycles. The van der Waals surface area contributed by atoms with Crippen LogP contribution in [-0.2, 0) is 24.2 Å². The van der Waals surface area contributed by atoms with Crippen molar-refractivity contribution in [2.75, 3.05) is 11.1 Å². The van der Waals surface area contributed by atoms with E-state index in [0.29, 0.717) is 5.82 Å². The number of pyridine rings is 1. The third-order valence-electron chi connectivity index (χ3n) is 1.52. The van der Waals surface area contributed by atoms with Gasteiger partial charge in [0.15, 0.2) is 0 Å². The molecule has 0 aliphatic rings. The normalized spacial score (nSPS) is 10.9. The lowest BCUT2D eigenvalue weighted by molar-refractivity contribution is -0.113. The van der Waals surface area contributed by atoms with Gasteiger partial charge in [0.2, 0.25) is 0 Å². The highest BCUT2D eigenvalue weighted by Gasteiger charge is 2.15. The zero-order chi connectivity index (χ0) is 12.2. The zero-order valence-electron chi connectivity index (χ0n) is 8.41. The van der Waals surface area contributed by atoms with Crippen molar-refractivity contribution in [2.24, 2.45) is 0 Å². The van der Waals surface area contributed by atoms with Crippen LogP contribution in [0.15, 0.2) is 18.3 Å². The fourth-order valence-electron chi connectivity index (χ4n) is 0.851. The smallest absolute Gasteiger partial charge is 0.306 e. The lowest BCUT2D eigenvalue weighted by atomic mass is 10.3. The summed E-state index contributed by atoms with van der Waals surface area (Å²) in [4.78, 5) is 15.1. The van der Waals surface area contributed by atoms with Crippen LogP contribution in [0.1, 0.15) is 5.56 Å². The molecule has 1 aromatic heterocycles. The van der Waals surface area contributed by atoms with Gasteiger partial charge in [0.25, 0.3) is 11.7 Å². The van der Waals surface area contributed by atoms with E-state index >= 15 is 0 Å². The third kappa shape index (κ3) is 5.12. The number of hydrogen-bond acceptors (Lipinski definition) is 3. The molecule has 0 saturated heterocycles. The number of nitrogens with one attached hydrogen (secondary N) is 1. The van der Waals surface area contributed by atoms with Crippen molar-refractivity contribution in [2.45, 2.75) is 6.92 Å². The summed E-state index contributed by atoms with van der Waals surface area (Å²) in [7, 11) is -3.67. The summed E-state index contributed by atoms with van der Waals surface area (Å²) < 4.78 is 27.5. The molecule has 0 unspecified atom stereocenters. The number of aryl methyl sites for hydroxylation is 1. The van der Waals surface area contributed by atoms with Gasteiger partial charge in [-0.15, -0.1) is 0 Å². The third-order valence-corrected chi connectivity index (χ3v) is 3.48. The first-order chi connectivity index (χ1) is 7.37. The molecule has 0 bridgehead atoms. The fourth-order valence-corrected chi connectivity index (χ4v) is 1.97. The van der Waals surface area contributed by atoms with Gasteiger partial charge in [-0.05, 0) is 18.6 Å². The molecular weight excluding hydrogens is 252 g/mol. The summed E-state index contributed by atoms with van der Waals surface area (Å²) in [5.41, 5.74) is 0.959. The van der Waals surface area contributed by atoms with Crippen LogP contribution < -0.4 is 5.32 Å². The molecule has 0 radical (unpaired) electrons. The van der Waals surface area contributed by atoms with Crippen molar-refractivity contribution in [1.29, 1.82) is 0 Å². The number of aromatic nitrogens is 1. The van der Waals surface area contributed by atoms with Crippen LogP contribution in [0.25, 0.3) is 0 Å². The molecule has 0 spiro atoms. The first-order valence-electron chi connectivity index (χ1n) is 4.23. The second kappa shape index (κ2) is 5.30. The van der Waals surface area contributed by atoms with Gasteiger partial charge in [0.1, 0.15) is 5.82 Å². The van der Waals surface area contributed by atoms with Crippen LogP contribution in [-0.4, -0.2) is 30.0 Å². The van der Waals surface area contributed by atoms with Crippen LogP contribution in [0.2, 0.25) is 0 Å². The number of hydrogen-bond donors (Lipinski definition) is 3. The van der Waals surface area contributed by atoms with Crippen LogP contribution in [0.5, 0.6) is 0 Å². The Hall–Kier alpha value is -1.09. The molecule has 1 amide bonds. The van der Waals surface area contributed by atoms with Crippen molar-refractivity contribution >= 4 is 31.1 Å². The molecule has 0 saturated carbocycles. The van der Waals surface area contributed by atoms with E-state index in [2.05, 4.69) is 10.3 Å². The molecule has 8 heteroatoms. The summed E-state index contributed by atoms with van der Waals surface area (Å²) in [5.74, 6) is -0.461. The molecule has 0 fully saturated rings. The number of rotatable bonds is 3. The van der Waals surface area contributed by atoms with Crippen LogP contribution in [0, 0.1) is 6.92 Å². The van der Waals surface area contributed by atoms with E-state index in [1.165, 1.54) is 0 Å². The Morgan fingerprint density at radius 1 is 1.56 bits per heavy atom. The first-order valence-corrected chi connectivity index (χ1v) is 7.20. The molecule has 6 nitrogen and oxygen atoms in total. The lowest BCUT2D eigenvalue weighted by Crippen LogP contribution is -2.17. The van der Waals surface area contributed by atoms with Gasteiger partial charge >= 0.3 is 19.4 Å². The van der Waals surface area contributed by atoms with Gasteiger partial charge < -0.3 is 5.32 Å². The van der Waals surface area contributed by atoms with E-state index in [1.807, 2.05) is 6.92 Å². The standard InChI is InChI=1S/C8H10N2O4S2/c1-6-2-3-7(9-4-6)10-8(11)5-15-16(12,13)14/h2-4H,5H2,1H3,(H2-,9,10,11,12,13,14)/p+1. The first kappa shape index (κ1) is 13.0. The van der Waals surface area contributed by atoms with Crippen LogP contribution >= 0.6 is 0 Å². The van der Waals surface area contributed by atoms with Crippen molar-refractivity contribution < 1.29 is 18.1 Å². The quantitative estimate of drug-likeness (QED) is 0.692. The van der Waals surface area contributed by atoms with Crippen molar-refractivity contribution in [3.8, 4) is 0 Å². The van der Waals surface area contributed by atoms with Gasteiger partial charge in [0, 0.05) is 6.20 Å². The number of nitrogens with zero attached hydrogens (tertiary/aromatic N) is 1. The Bertz CT molecular complexity index is 483. The number of amides is 1. The van der Waals surface area contributed by atoms with E-state index < -0.39 is 15.0 Å². The molecule has 0 atom stereocenters. The fraction of sp³-hybridized carbons (Fsp3) is 0.250. The maximum atomic E-state index is 11.2. The zero-order valence-corrected chi connectivity index (χ0v) is 10.0. The maximum Gasteiger partial charge on any atom is 0.430 e. The number of carbonyl (C=O) groups is 1. The van der Waals surface area contributed by atoms with Gasteiger partial charge in [-0.2, -0.15) is 4.21 Å². The summed E-state index contributed by atoms with van der Waals surface area (Å²) >= 11 is 0. The topological polar surface area (TPSA) is 99.5 Å². The highest BCUT2D eigenvalue weighted by molar-refractivity contribution is 8.34. The Morgan fingerprint density at radius 2 is 2.25 bits per heavy atom. The molecule has 1 rings (SSSR count). The summed E-state index contributed by atoms with van der Waals surface area (Å²) in [6.07, 6.45) is 1.59. The maximum absolute atomic E-state index is 11.2. The highest BCUT2D eigenvalue weighted by atomic mass is 32.9. The van der Waals surface area contributed by atoms with E-state index in [0.717, 1.165) is 5.56 Å².